The molecule has 0 saturated carbocycles. The van der Waals surface area contributed by atoms with Crippen molar-refractivity contribution in [2.45, 2.75) is 12.2 Å². The van der Waals surface area contributed by atoms with E-state index in [1.54, 1.807) is 12.1 Å². The zero-order valence-electron chi connectivity index (χ0n) is 11.6. The first-order valence-electron chi connectivity index (χ1n) is 6.65. The van der Waals surface area contributed by atoms with Gasteiger partial charge in [-0.15, -0.1) is 0 Å². The minimum Gasteiger partial charge on any atom is -0.323 e. The zero-order valence-corrected chi connectivity index (χ0v) is 12.5. The minimum atomic E-state index is -4.44. The van der Waals surface area contributed by atoms with Crippen molar-refractivity contribution < 1.29 is 23.1 Å². The first-order chi connectivity index (χ1) is 10.4. The smallest absolute Gasteiger partial charge is 0.323 e. The summed E-state index contributed by atoms with van der Waals surface area (Å²) in [5.41, 5.74) is 1.16. The molecule has 0 aliphatic heterocycles. The molecule has 118 valence electrons. The van der Waals surface area contributed by atoms with Crippen molar-refractivity contribution in [2.75, 3.05) is 6.54 Å². The van der Waals surface area contributed by atoms with E-state index in [0.29, 0.717) is 18.5 Å². The fourth-order valence-electron chi connectivity index (χ4n) is 2.08. The summed E-state index contributed by atoms with van der Waals surface area (Å²) in [6.07, 6.45) is 0.484. The van der Waals surface area contributed by atoms with Crippen LogP contribution in [0.3, 0.4) is 0 Å². The number of halogens is 2. The molecule has 22 heavy (non-hydrogen) atoms. The van der Waals surface area contributed by atoms with Crippen molar-refractivity contribution in [2.24, 2.45) is 0 Å². The van der Waals surface area contributed by atoms with Crippen LogP contribution in [0.4, 0.5) is 8.78 Å². The van der Waals surface area contributed by atoms with Crippen LogP contribution in [0.25, 0.3) is 0 Å². The Labute approximate surface area is 127 Å². The van der Waals surface area contributed by atoms with Gasteiger partial charge in [0.1, 0.15) is 17.4 Å². The van der Waals surface area contributed by atoms with Gasteiger partial charge in [-0.2, -0.15) is 0 Å². The van der Waals surface area contributed by atoms with Gasteiger partial charge in [-0.25, -0.2) is 8.78 Å². The van der Waals surface area contributed by atoms with Crippen LogP contribution in [-0.4, -0.2) is 16.3 Å². The summed E-state index contributed by atoms with van der Waals surface area (Å²) in [4.78, 5) is 18.9. The summed E-state index contributed by atoms with van der Waals surface area (Å²) in [7, 11) is -4.44. The van der Waals surface area contributed by atoms with Crippen molar-refractivity contribution in [3.63, 3.8) is 0 Å². The lowest BCUT2D eigenvalue weighted by Crippen LogP contribution is -2.24. The molecule has 0 heterocycles. The summed E-state index contributed by atoms with van der Waals surface area (Å²) in [5.74, 6) is -2.01. The minimum absolute atomic E-state index is 0.290. The Balaban J connectivity index is 2.03. The fourth-order valence-corrected chi connectivity index (χ4v) is 3.01. The second kappa shape index (κ2) is 7.11. The molecule has 4 nitrogen and oxygen atoms in total. The third kappa shape index (κ3) is 4.71. The lowest BCUT2D eigenvalue weighted by molar-refractivity contribution is 0.348. The normalized spacial score (nSPS) is 13.1. The van der Waals surface area contributed by atoms with Crippen LogP contribution in [0, 0.1) is 11.6 Å². The van der Waals surface area contributed by atoms with Crippen molar-refractivity contribution >= 4 is 7.60 Å². The average Bonchev–Trinajstić information content (AvgIpc) is 2.46. The van der Waals surface area contributed by atoms with E-state index < -0.39 is 19.2 Å². The summed E-state index contributed by atoms with van der Waals surface area (Å²) >= 11 is 0. The van der Waals surface area contributed by atoms with E-state index in [1.807, 2.05) is 0 Å². The molecular weight excluding hydrogens is 311 g/mol. The highest BCUT2D eigenvalue weighted by molar-refractivity contribution is 7.52. The Morgan fingerprint density at radius 3 is 1.95 bits per heavy atom. The lowest BCUT2D eigenvalue weighted by atomic mass is 10.1. The SMILES string of the molecule is O=P(O)(O)C(NCCc1ccc(F)cc1)c1ccc(F)cc1. The molecule has 0 aromatic heterocycles. The Hall–Kier alpha value is -1.59. The van der Waals surface area contributed by atoms with E-state index in [1.165, 1.54) is 24.3 Å². The molecule has 0 amide bonds. The molecule has 2 aromatic rings. The molecule has 2 rings (SSSR count). The molecule has 7 heteroatoms. The number of hydrogen-bond donors (Lipinski definition) is 3. The summed E-state index contributed by atoms with van der Waals surface area (Å²) in [5, 5.41) is 2.78. The van der Waals surface area contributed by atoms with E-state index in [4.69, 9.17) is 0 Å². The second-order valence-corrected chi connectivity index (χ2v) is 6.57. The molecule has 0 saturated heterocycles. The van der Waals surface area contributed by atoms with E-state index in [9.17, 15) is 23.1 Å². The van der Waals surface area contributed by atoms with Gasteiger partial charge in [0, 0.05) is 6.54 Å². The fraction of sp³-hybridized carbons (Fsp3) is 0.200. The molecule has 0 bridgehead atoms. The molecule has 3 N–H and O–H groups in total. The Bertz CT molecular complexity index is 655. The maximum absolute atomic E-state index is 12.9. The van der Waals surface area contributed by atoms with Crippen molar-refractivity contribution in [3.05, 3.63) is 71.3 Å². The molecule has 1 unspecified atom stereocenters. The van der Waals surface area contributed by atoms with Crippen LogP contribution >= 0.6 is 7.60 Å². The molecule has 0 aliphatic rings. The van der Waals surface area contributed by atoms with Gasteiger partial charge in [-0.05, 0) is 41.8 Å². The van der Waals surface area contributed by atoms with Crippen LogP contribution < -0.4 is 5.32 Å². The molecule has 0 spiro atoms. The Morgan fingerprint density at radius 2 is 1.45 bits per heavy atom. The molecule has 0 fully saturated rings. The van der Waals surface area contributed by atoms with Crippen LogP contribution in [-0.2, 0) is 11.0 Å². The van der Waals surface area contributed by atoms with E-state index >= 15 is 0 Å². The first kappa shape index (κ1) is 16.8. The summed E-state index contributed by atoms with van der Waals surface area (Å²) in [6.45, 7) is 0.290. The van der Waals surface area contributed by atoms with Gasteiger partial charge in [0.15, 0.2) is 0 Å². The topological polar surface area (TPSA) is 69.6 Å². The molecule has 2 aromatic carbocycles. The highest BCUT2D eigenvalue weighted by Gasteiger charge is 2.29. The maximum Gasteiger partial charge on any atom is 0.346 e. The number of nitrogens with one attached hydrogen (secondary N) is 1. The highest BCUT2D eigenvalue weighted by atomic mass is 31.2. The predicted octanol–water partition coefficient (Wildman–Crippen LogP) is 2.97. The van der Waals surface area contributed by atoms with Crippen LogP contribution in [0.2, 0.25) is 0 Å². The largest absolute Gasteiger partial charge is 0.346 e. The Morgan fingerprint density at radius 1 is 0.955 bits per heavy atom. The van der Waals surface area contributed by atoms with Crippen LogP contribution in [0.1, 0.15) is 16.9 Å². The maximum atomic E-state index is 12.9. The van der Waals surface area contributed by atoms with E-state index in [0.717, 1.165) is 17.7 Å². The highest BCUT2D eigenvalue weighted by Crippen LogP contribution is 2.49. The van der Waals surface area contributed by atoms with Gasteiger partial charge in [0.2, 0.25) is 0 Å². The monoisotopic (exact) mass is 327 g/mol. The summed E-state index contributed by atoms with van der Waals surface area (Å²) in [6, 6.07) is 10.9. The predicted molar refractivity (Wildman–Crippen MR) is 79.3 cm³/mol. The number of rotatable bonds is 6. The van der Waals surface area contributed by atoms with Gasteiger partial charge in [0.25, 0.3) is 0 Å². The third-order valence-electron chi connectivity index (χ3n) is 3.19. The van der Waals surface area contributed by atoms with Gasteiger partial charge in [-0.3, -0.25) is 9.88 Å². The standard InChI is InChI=1S/C15H16F2NO3P/c16-13-5-1-11(2-6-13)9-10-18-15(22(19,20)21)12-3-7-14(17)8-4-12/h1-8,15,18H,9-10H2,(H2,19,20,21). The Kier molecular flexibility index (Phi) is 5.42. The van der Waals surface area contributed by atoms with Gasteiger partial charge >= 0.3 is 7.60 Å². The van der Waals surface area contributed by atoms with Crippen LogP contribution in [0.15, 0.2) is 48.5 Å². The quantitative estimate of drug-likeness (QED) is 0.714. The molecule has 0 radical (unpaired) electrons. The third-order valence-corrected chi connectivity index (χ3v) is 4.34. The van der Waals surface area contributed by atoms with Gasteiger partial charge in [0.05, 0.1) is 0 Å². The van der Waals surface area contributed by atoms with Gasteiger partial charge < -0.3 is 9.79 Å². The van der Waals surface area contributed by atoms with Crippen molar-refractivity contribution in [3.8, 4) is 0 Å². The second-order valence-electron chi connectivity index (χ2n) is 4.87. The number of hydrogen-bond acceptors (Lipinski definition) is 2. The molecule has 1 atom stereocenters. The molecular formula is C15H16F2NO3P. The van der Waals surface area contributed by atoms with Crippen molar-refractivity contribution in [1.29, 1.82) is 0 Å². The van der Waals surface area contributed by atoms with Crippen LogP contribution in [0.5, 0.6) is 0 Å². The lowest BCUT2D eigenvalue weighted by Gasteiger charge is -2.20. The van der Waals surface area contributed by atoms with E-state index in [-0.39, 0.29) is 5.82 Å². The zero-order chi connectivity index (χ0) is 16.2. The number of benzene rings is 2. The van der Waals surface area contributed by atoms with E-state index in [2.05, 4.69) is 5.32 Å². The molecule has 0 aliphatic carbocycles. The average molecular weight is 327 g/mol. The first-order valence-corrected chi connectivity index (χ1v) is 8.33. The van der Waals surface area contributed by atoms with Gasteiger partial charge in [-0.1, -0.05) is 24.3 Å². The summed E-state index contributed by atoms with van der Waals surface area (Å²) < 4.78 is 37.3. The van der Waals surface area contributed by atoms with Crippen molar-refractivity contribution in [1.82, 2.24) is 5.32 Å².